The molecule has 5 aromatic rings. The zero-order valence-electron chi connectivity index (χ0n) is 31.5. The molecular weight excluding hydrogens is 745 g/mol. The number of piperazine rings is 1. The van der Waals surface area contributed by atoms with Gasteiger partial charge in [0, 0.05) is 75.8 Å². The molecule has 16 nitrogen and oxygen atoms in total. The summed E-state index contributed by atoms with van der Waals surface area (Å²) in [6.07, 6.45) is 4.64. The van der Waals surface area contributed by atoms with Crippen molar-refractivity contribution in [2.75, 3.05) is 60.9 Å². The van der Waals surface area contributed by atoms with Crippen molar-refractivity contribution in [2.45, 2.75) is 45.2 Å². The number of amides is 4. The number of aromatic nitrogens is 5. The van der Waals surface area contributed by atoms with Gasteiger partial charge in [0.25, 0.3) is 11.8 Å². The molecule has 17 heteroatoms. The third kappa shape index (κ3) is 6.84. The number of fused-ring (bicyclic) bond motifs is 2. The Hall–Kier alpha value is -6.25. The molecule has 2 N–H and O–H groups in total. The van der Waals surface area contributed by atoms with Crippen LogP contribution in [0.15, 0.2) is 54.9 Å². The van der Waals surface area contributed by atoms with Crippen LogP contribution in [0.2, 0.25) is 0 Å². The van der Waals surface area contributed by atoms with Crippen molar-refractivity contribution in [3.8, 4) is 28.0 Å². The van der Waals surface area contributed by atoms with Gasteiger partial charge in [0.15, 0.2) is 5.01 Å². The second-order valence-electron chi connectivity index (χ2n) is 15.3. The summed E-state index contributed by atoms with van der Waals surface area (Å²) in [6.45, 7) is 10.3. The van der Waals surface area contributed by atoms with Crippen LogP contribution in [0.1, 0.15) is 59.4 Å². The molecule has 0 aliphatic carbocycles. The summed E-state index contributed by atoms with van der Waals surface area (Å²) in [7, 11) is 0. The standard InChI is InChI=1S/C40H40N12O4S/c1-23(2)44-31-17-32(33-6-4-27-15-25(18-41)19-43-52(27)33)42-20-30(31)37-46-47-40(57-37)49-13-11-48(12-14-49)21-24-9-10-50(22-24)26-3-5-28-29(16-26)39(56)51(38(28)55)34-7-8-35(53)45-36(34)54/h3-6,15-17,19-20,23-24,34H,7-14,21-22H2,1-2H3,(H,42,44)(H,45,53,54)/t24-,34?/m1/s1. The maximum Gasteiger partial charge on any atom is 0.262 e. The van der Waals surface area contributed by atoms with Crippen molar-refractivity contribution in [3.05, 3.63) is 71.5 Å². The number of piperidine rings is 1. The minimum Gasteiger partial charge on any atom is -0.382 e. The number of pyridine rings is 1. The number of benzene rings is 1. The fraction of sp³-hybridized carbons (Fsp3) is 0.375. The number of anilines is 3. The van der Waals surface area contributed by atoms with Crippen LogP contribution in [0, 0.1) is 17.2 Å². The smallest absolute Gasteiger partial charge is 0.262 e. The predicted molar refractivity (Wildman–Crippen MR) is 213 cm³/mol. The summed E-state index contributed by atoms with van der Waals surface area (Å²) in [5.74, 6) is -1.52. The van der Waals surface area contributed by atoms with E-state index in [-0.39, 0.29) is 18.9 Å². The second kappa shape index (κ2) is 14.7. The van der Waals surface area contributed by atoms with Crippen LogP contribution >= 0.6 is 11.3 Å². The lowest BCUT2D eigenvalue weighted by atomic mass is 10.0. The van der Waals surface area contributed by atoms with Crippen LogP contribution in [-0.2, 0) is 9.59 Å². The maximum atomic E-state index is 13.4. The van der Waals surface area contributed by atoms with Gasteiger partial charge in [0.05, 0.1) is 45.4 Å². The Morgan fingerprint density at radius 1 is 0.912 bits per heavy atom. The third-order valence-electron chi connectivity index (χ3n) is 11.1. The van der Waals surface area contributed by atoms with Crippen LogP contribution in [0.25, 0.3) is 27.5 Å². The summed E-state index contributed by atoms with van der Waals surface area (Å²) < 4.78 is 1.79. The monoisotopic (exact) mass is 784 g/mol. The van der Waals surface area contributed by atoms with Gasteiger partial charge in [-0.05, 0) is 75.1 Å². The van der Waals surface area contributed by atoms with Crippen molar-refractivity contribution in [1.29, 1.82) is 5.26 Å². The number of rotatable bonds is 9. The molecule has 57 heavy (non-hydrogen) atoms. The highest BCUT2D eigenvalue weighted by Gasteiger charge is 2.45. The first-order valence-electron chi connectivity index (χ1n) is 19.2. The van der Waals surface area contributed by atoms with Crippen LogP contribution in [-0.4, -0.2) is 116 Å². The average molecular weight is 785 g/mol. The lowest BCUT2D eigenvalue weighted by Crippen LogP contribution is -2.54. The summed E-state index contributed by atoms with van der Waals surface area (Å²) in [4.78, 5) is 63.5. The number of hydrogen-bond donors (Lipinski definition) is 2. The molecule has 0 bridgehead atoms. The second-order valence-corrected chi connectivity index (χ2v) is 16.2. The van der Waals surface area contributed by atoms with Gasteiger partial charge in [-0.3, -0.25) is 39.3 Å². The average Bonchev–Trinajstić information content (AvgIpc) is 4.02. The maximum absolute atomic E-state index is 13.4. The molecule has 290 valence electrons. The topological polar surface area (TPSA) is 185 Å². The molecule has 0 saturated carbocycles. The molecular formula is C40H40N12O4S. The number of nitriles is 1. The van der Waals surface area contributed by atoms with Crippen molar-refractivity contribution >= 4 is 57.0 Å². The molecule has 8 heterocycles. The number of nitrogens with one attached hydrogen (secondary N) is 2. The first kappa shape index (κ1) is 36.4. The molecule has 3 fully saturated rings. The number of carbonyl (C=O) groups is 4. The largest absolute Gasteiger partial charge is 0.382 e. The SMILES string of the molecule is CC(C)Nc1cc(-c2ccc3cc(C#N)cnn23)ncc1-c1nnc(N2CCN(C[C@H]3CCN(c4ccc5c(c4)C(=O)N(C4CCC(=O)NC4=O)C5=O)C3)CC2)s1. The van der Waals surface area contributed by atoms with E-state index in [1.807, 2.05) is 30.5 Å². The van der Waals surface area contributed by atoms with Crippen LogP contribution in [0.5, 0.6) is 0 Å². The van der Waals surface area contributed by atoms with E-state index in [0.29, 0.717) is 22.6 Å². The van der Waals surface area contributed by atoms with Gasteiger partial charge in [0.1, 0.15) is 12.1 Å². The summed E-state index contributed by atoms with van der Waals surface area (Å²) in [5, 5.41) is 30.4. The number of carbonyl (C=O) groups excluding carboxylic acids is 4. The first-order chi connectivity index (χ1) is 27.6. The minimum atomic E-state index is -0.975. The molecule has 9 rings (SSSR count). The van der Waals surface area contributed by atoms with E-state index in [2.05, 4.69) is 60.5 Å². The lowest BCUT2D eigenvalue weighted by Gasteiger charge is -2.35. The molecule has 1 unspecified atom stereocenters. The highest BCUT2D eigenvalue weighted by atomic mass is 32.1. The van der Waals surface area contributed by atoms with Crippen molar-refractivity contribution < 1.29 is 19.2 Å². The van der Waals surface area contributed by atoms with E-state index in [9.17, 15) is 24.4 Å². The zero-order valence-corrected chi connectivity index (χ0v) is 32.3. The lowest BCUT2D eigenvalue weighted by molar-refractivity contribution is -0.136. The van der Waals surface area contributed by atoms with Gasteiger partial charge in [-0.15, -0.1) is 10.2 Å². The van der Waals surface area contributed by atoms with E-state index in [1.54, 1.807) is 40.2 Å². The highest BCUT2D eigenvalue weighted by Crippen LogP contribution is 2.37. The Morgan fingerprint density at radius 3 is 2.53 bits per heavy atom. The van der Waals surface area contributed by atoms with Gasteiger partial charge in [-0.25, -0.2) is 4.52 Å². The quantitative estimate of drug-likeness (QED) is 0.207. The van der Waals surface area contributed by atoms with Crippen molar-refractivity contribution in [3.63, 3.8) is 0 Å². The first-order valence-corrected chi connectivity index (χ1v) is 20.0. The molecule has 4 amide bonds. The molecule has 0 spiro atoms. The van der Waals surface area contributed by atoms with Gasteiger partial charge in [-0.1, -0.05) is 11.3 Å². The highest BCUT2D eigenvalue weighted by molar-refractivity contribution is 7.18. The number of hydrogen-bond acceptors (Lipinski definition) is 14. The van der Waals surface area contributed by atoms with Crippen LogP contribution in [0.4, 0.5) is 16.5 Å². The van der Waals surface area contributed by atoms with Crippen LogP contribution in [0.3, 0.4) is 0 Å². The van der Waals surface area contributed by atoms with Gasteiger partial charge in [-0.2, -0.15) is 10.4 Å². The minimum absolute atomic E-state index is 0.0907. The Balaban J connectivity index is 0.816. The van der Waals surface area contributed by atoms with E-state index in [0.717, 1.165) is 101 Å². The number of imide groups is 2. The Kier molecular flexibility index (Phi) is 9.37. The molecule has 4 aliphatic heterocycles. The molecule has 0 radical (unpaired) electrons. The zero-order chi connectivity index (χ0) is 39.4. The third-order valence-corrected chi connectivity index (χ3v) is 12.1. The van der Waals surface area contributed by atoms with Crippen LogP contribution < -0.4 is 20.4 Å². The summed E-state index contributed by atoms with van der Waals surface area (Å²) in [6, 6.07) is 14.4. The summed E-state index contributed by atoms with van der Waals surface area (Å²) in [5.41, 5.74) is 6.19. The fourth-order valence-corrected chi connectivity index (χ4v) is 9.18. The Labute approximate surface area is 332 Å². The van der Waals surface area contributed by atoms with E-state index >= 15 is 0 Å². The van der Waals surface area contributed by atoms with Gasteiger partial charge >= 0.3 is 0 Å². The molecule has 3 saturated heterocycles. The number of nitrogens with zero attached hydrogens (tertiary/aromatic N) is 10. The predicted octanol–water partition coefficient (Wildman–Crippen LogP) is 3.66. The van der Waals surface area contributed by atoms with E-state index in [1.165, 1.54) is 0 Å². The summed E-state index contributed by atoms with van der Waals surface area (Å²) >= 11 is 1.56. The van der Waals surface area contributed by atoms with E-state index < -0.39 is 29.7 Å². The van der Waals surface area contributed by atoms with Gasteiger partial charge < -0.3 is 15.1 Å². The Morgan fingerprint density at radius 2 is 1.74 bits per heavy atom. The van der Waals surface area contributed by atoms with Crippen molar-refractivity contribution in [2.24, 2.45) is 5.92 Å². The van der Waals surface area contributed by atoms with Gasteiger partial charge in [0.2, 0.25) is 16.9 Å². The normalized spacial score (nSPS) is 20.1. The molecule has 2 atom stereocenters. The molecule has 1 aromatic carbocycles. The fourth-order valence-electron chi connectivity index (χ4n) is 8.26. The van der Waals surface area contributed by atoms with Crippen molar-refractivity contribution in [1.82, 2.24) is 39.9 Å². The van der Waals surface area contributed by atoms with E-state index in [4.69, 9.17) is 4.98 Å². The Bertz CT molecular complexity index is 2480. The molecule has 4 aromatic heterocycles. The molecule has 4 aliphatic rings.